The molecule has 0 spiro atoms. The number of hydrogen-bond acceptors (Lipinski definition) is 6. The first-order valence-electron chi connectivity index (χ1n) is 8.02. The van der Waals surface area contributed by atoms with Crippen LogP contribution in [0.3, 0.4) is 0 Å². The predicted octanol–water partition coefficient (Wildman–Crippen LogP) is 4.39. The van der Waals surface area contributed by atoms with Gasteiger partial charge in [-0.3, -0.25) is 10.1 Å². The van der Waals surface area contributed by atoms with E-state index in [4.69, 9.17) is 16.3 Å². The first-order chi connectivity index (χ1) is 12.7. The monoisotopic (exact) mass is 424 g/mol. The number of hydrogen-bond donors (Lipinski definition) is 1. The number of aromatic nitrogens is 1. The number of benzene rings is 2. The number of thiazole rings is 1. The Morgan fingerprint density at radius 1 is 1.19 bits per heavy atom. The van der Waals surface area contributed by atoms with E-state index < -0.39 is 21.0 Å². The third-order valence-corrected chi connectivity index (χ3v) is 7.57. The number of carbonyl (C=O) groups excluding carboxylic acids is 1. The van der Waals surface area contributed by atoms with Crippen LogP contribution >= 0.6 is 22.9 Å². The van der Waals surface area contributed by atoms with Crippen molar-refractivity contribution in [2.45, 2.75) is 24.0 Å². The van der Waals surface area contributed by atoms with Crippen LogP contribution in [0.4, 0.5) is 5.13 Å². The van der Waals surface area contributed by atoms with Crippen molar-refractivity contribution in [2.75, 3.05) is 12.4 Å². The summed E-state index contributed by atoms with van der Waals surface area (Å²) in [6.07, 6.45) is 0. The lowest BCUT2D eigenvalue weighted by Crippen LogP contribution is -2.15. The molecule has 9 heteroatoms. The number of methoxy groups -OCH3 is 1. The molecule has 1 heterocycles. The van der Waals surface area contributed by atoms with Gasteiger partial charge in [0, 0.05) is 5.56 Å². The number of nitrogens with one attached hydrogen (secondary N) is 1. The fourth-order valence-electron chi connectivity index (χ4n) is 2.41. The van der Waals surface area contributed by atoms with Gasteiger partial charge in [-0.25, -0.2) is 13.4 Å². The van der Waals surface area contributed by atoms with Gasteiger partial charge in [0.1, 0.15) is 11.3 Å². The van der Waals surface area contributed by atoms with Crippen molar-refractivity contribution in [3.05, 3.63) is 47.0 Å². The summed E-state index contributed by atoms with van der Waals surface area (Å²) in [5.74, 6) is 0.173. The van der Waals surface area contributed by atoms with E-state index in [0.29, 0.717) is 31.7 Å². The SMILES string of the molecule is COc1ccc(Cl)c2sc(NC(=O)c3ccc(S(=O)(=O)C(C)C)cc3)nc12. The zero-order chi connectivity index (χ0) is 19.8. The smallest absolute Gasteiger partial charge is 0.257 e. The summed E-state index contributed by atoms with van der Waals surface area (Å²) in [6.45, 7) is 3.23. The van der Waals surface area contributed by atoms with Gasteiger partial charge in [0.15, 0.2) is 15.0 Å². The third kappa shape index (κ3) is 3.78. The summed E-state index contributed by atoms with van der Waals surface area (Å²) < 4.78 is 30.3. The largest absolute Gasteiger partial charge is 0.494 e. The molecule has 3 rings (SSSR count). The van der Waals surface area contributed by atoms with Crippen molar-refractivity contribution in [1.82, 2.24) is 4.98 Å². The fraction of sp³-hybridized carbons (Fsp3) is 0.222. The topological polar surface area (TPSA) is 85.4 Å². The molecule has 0 aliphatic rings. The maximum atomic E-state index is 12.5. The molecule has 6 nitrogen and oxygen atoms in total. The highest BCUT2D eigenvalue weighted by Crippen LogP contribution is 2.37. The minimum atomic E-state index is -3.38. The number of rotatable bonds is 5. The van der Waals surface area contributed by atoms with E-state index in [1.807, 2.05) is 0 Å². The summed E-state index contributed by atoms with van der Waals surface area (Å²) in [5.41, 5.74) is 0.902. The number of amides is 1. The van der Waals surface area contributed by atoms with Crippen molar-refractivity contribution < 1.29 is 17.9 Å². The summed E-state index contributed by atoms with van der Waals surface area (Å²) in [7, 11) is -1.84. The summed E-state index contributed by atoms with van der Waals surface area (Å²) in [4.78, 5) is 17.0. The molecule has 0 saturated carbocycles. The molecule has 27 heavy (non-hydrogen) atoms. The molecule has 3 aromatic rings. The van der Waals surface area contributed by atoms with Crippen LogP contribution in [0.2, 0.25) is 5.02 Å². The molecule has 0 fully saturated rings. The first-order valence-corrected chi connectivity index (χ1v) is 10.8. The van der Waals surface area contributed by atoms with Crippen molar-refractivity contribution in [3.63, 3.8) is 0 Å². The number of halogens is 1. The van der Waals surface area contributed by atoms with Gasteiger partial charge in [0.05, 0.1) is 27.0 Å². The van der Waals surface area contributed by atoms with E-state index in [1.54, 1.807) is 26.0 Å². The highest BCUT2D eigenvalue weighted by Gasteiger charge is 2.20. The molecule has 0 unspecified atom stereocenters. The van der Waals surface area contributed by atoms with Crippen molar-refractivity contribution in [2.24, 2.45) is 0 Å². The van der Waals surface area contributed by atoms with Crippen LogP contribution < -0.4 is 10.1 Å². The van der Waals surface area contributed by atoms with Crippen LogP contribution in [0.25, 0.3) is 10.2 Å². The van der Waals surface area contributed by atoms with Crippen LogP contribution in [0.5, 0.6) is 5.75 Å². The van der Waals surface area contributed by atoms with E-state index in [2.05, 4.69) is 10.3 Å². The Morgan fingerprint density at radius 3 is 2.44 bits per heavy atom. The van der Waals surface area contributed by atoms with Crippen LogP contribution in [-0.4, -0.2) is 31.7 Å². The van der Waals surface area contributed by atoms with E-state index in [-0.39, 0.29) is 4.90 Å². The van der Waals surface area contributed by atoms with Crippen molar-refractivity contribution in [1.29, 1.82) is 0 Å². The lowest BCUT2D eigenvalue weighted by atomic mass is 10.2. The molecule has 0 radical (unpaired) electrons. The second-order valence-corrected chi connectivity index (χ2v) is 9.93. The summed E-state index contributed by atoms with van der Waals surface area (Å²) in [5, 5.41) is 3.08. The number of carbonyl (C=O) groups is 1. The molecular formula is C18H17ClN2O4S2. The van der Waals surface area contributed by atoms with E-state index in [9.17, 15) is 13.2 Å². The maximum Gasteiger partial charge on any atom is 0.257 e. The average Bonchev–Trinajstić information content (AvgIpc) is 3.06. The molecule has 1 aromatic heterocycles. The molecule has 0 bridgehead atoms. The van der Waals surface area contributed by atoms with Gasteiger partial charge in [-0.15, -0.1) is 0 Å². The lowest BCUT2D eigenvalue weighted by molar-refractivity contribution is 0.102. The number of fused-ring (bicyclic) bond motifs is 1. The molecule has 0 saturated heterocycles. The van der Waals surface area contributed by atoms with E-state index >= 15 is 0 Å². The Labute approximate surface area is 166 Å². The quantitative estimate of drug-likeness (QED) is 0.656. The number of sulfone groups is 1. The van der Waals surface area contributed by atoms with Gasteiger partial charge in [-0.2, -0.15) is 0 Å². The zero-order valence-corrected chi connectivity index (χ0v) is 17.2. The normalized spacial score (nSPS) is 11.7. The maximum absolute atomic E-state index is 12.5. The van der Waals surface area contributed by atoms with Crippen molar-refractivity contribution >= 4 is 54.0 Å². The van der Waals surface area contributed by atoms with Crippen molar-refractivity contribution in [3.8, 4) is 5.75 Å². The molecule has 0 aliphatic heterocycles. The van der Waals surface area contributed by atoms with Gasteiger partial charge in [0.25, 0.3) is 5.91 Å². The lowest BCUT2D eigenvalue weighted by Gasteiger charge is -2.08. The van der Waals surface area contributed by atoms with Gasteiger partial charge in [-0.05, 0) is 50.2 Å². The summed E-state index contributed by atoms with van der Waals surface area (Å²) >= 11 is 7.42. The zero-order valence-electron chi connectivity index (χ0n) is 14.8. The van der Waals surface area contributed by atoms with Crippen LogP contribution in [0.1, 0.15) is 24.2 Å². The van der Waals surface area contributed by atoms with Crippen LogP contribution in [0.15, 0.2) is 41.3 Å². The van der Waals surface area contributed by atoms with Gasteiger partial charge in [-0.1, -0.05) is 22.9 Å². The number of nitrogens with zero attached hydrogens (tertiary/aromatic N) is 1. The Morgan fingerprint density at radius 2 is 1.85 bits per heavy atom. The van der Waals surface area contributed by atoms with Crippen LogP contribution in [0, 0.1) is 0 Å². The summed E-state index contributed by atoms with van der Waals surface area (Å²) in [6, 6.07) is 9.24. The van der Waals surface area contributed by atoms with Gasteiger partial charge < -0.3 is 4.74 Å². The Bertz CT molecular complexity index is 1110. The van der Waals surface area contributed by atoms with Crippen LogP contribution in [-0.2, 0) is 9.84 Å². The van der Waals surface area contributed by atoms with Gasteiger partial charge in [0.2, 0.25) is 0 Å². The molecule has 1 N–H and O–H groups in total. The molecule has 1 amide bonds. The second kappa shape index (κ2) is 7.46. The highest BCUT2D eigenvalue weighted by atomic mass is 35.5. The molecule has 0 atom stereocenters. The molecular weight excluding hydrogens is 408 g/mol. The second-order valence-electron chi connectivity index (χ2n) is 6.02. The Hall–Kier alpha value is -2.16. The highest BCUT2D eigenvalue weighted by molar-refractivity contribution is 7.92. The number of anilines is 1. The van der Waals surface area contributed by atoms with E-state index in [0.717, 1.165) is 0 Å². The fourth-order valence-corrected chi connectivity index (χ4v) is 4.62. The minimum absolute atomic E-state index is 0.186. The molecule has 2 aromatic carbocycles. The van der Waals surface area contributed by atoms with Gasteiger partial charge >= 0.3 is 0 Å². The molecule has 0 aliphatic carbocycles. The average molecular weight is 425 g/mol. The predicted molar refractivity (Wildman–Crippen MR) is 108 cm³/mol. The Kier molecular flexibility index (Phi) is 5.41. The number of ether oxygens (including phenoxy) is 1. The minimum Gasteiger partial charge on any atom is -0.494 e. The van der Waals surface area contributed by atoms with E-state index in [1.165, 1.54) is 42.7 Å². The third-order valence-electron chi connectivity index (χ3n) is 3.96. The first kappa shape index (κ1) is 19.6. The molecule has 142 valence electrons. The standard InChI is InChI=1S/C18H17ClN2O4S2/c1-10(2)27(23,24)12-6-4-11(5-7-12)17(22)21-18-20-15-14(25-3)9-8-13(19)16(15)26-18/h4-10H,1-3H3,(H,20,21,22). The Balaban J connectivity index is 1.86.